The van der Waals surface area contributed by atoms with Crippen molar-refractivity contribution in [1.82, 2.24) is 5.16 Å². The number of hydrogen-bond donors (Lipinski definition) is 0. The third-order valence-electron chi connectivity index (χ3n) is 7.06. The Kier molecular flexibility index (Phi) is 7.92. The number of ether oxygens (including phenoxy) is 3. The summed E-state index contributed by atoms with van der Waals surface area (Å²) in [6.07, 6.45) is 6.20. The van der Waals surface area contributed by atoms with E-state index in [0.717, 1.165) is 18.4 Å². The highest BCUT2D eigenvalue weighted by Crippen LogP contribution is 2.49. The van der Waals surface area contributed by atoms with Crippen LogP contribution in [0, 0.1) is 11.8 Å². The van der Waals surface area contributed by atoms with E-state index in [9.17, 15) is 4.79 Å². The highest BCUT2D eigenvalue weighted by molar-refractivity contribution is 6.06. The Morgan fingerprint density at radius 1 is 1.03 bits per heavy atom. The molecule has 0 amide bonds. The van der Waals surface area contributed by atoms with Gasteiger partial charge in [-0.1, -0.05) is 47.5 Å². The third kappa shape index (κ3) is 5.14. The summed E-state index contributed by atoms with van der Waals surface area (Å²) in [5.74, 6) is 1.41. The minimum absolute atomic E-state index is 0.0646. The number of ketones is 1. The molecule has 1 saturated heterocycles. The second-order valence-corrected chi connectivity index (χ2v) is 10.1. The lowest BCUT2D eigenvalue weighted by Gasteiger charge is -2.33. The van der Waals surface area contributed by atoms with Crippen LogP contribution in [-0.2, 0) is 9.47 Å². The van der Waals surface area contributed by atoms with Gasteiger partial charge in [-0.2, -0.15) is 0 Å². The van der Waals surface area contributed by atoms with Gasteiger partial charge in [-0.3, -0.25) is 4.79 Å². The van der Waals surface area contributed by atoms with Crippen LogP contribution in [0.3, 0.4) is 0 Å². The zero-order valence-corrected chi connectivity index (χ0v) is 21.7. The molecular formula is C29H37NO5. The van der Waals surface area contributed by atoms with Gasteiger partial charge in [0.15, 0.2) is 17.8 Å². The molecule has 1 aliphatic heterocycles. The molecule has 0 spiro atoms. The fourth-order valence-electron chi connectivity index (χ4n) is 5.11. The second-order valence-electron chi connectivity index (χ2n) is 10.1. The van der Waals surface area contributed by atoms with Crippen molar-refractivity contribution >= 4 is 5.78 Å². The number of carbonyl (C=O) groups excluding carboxylic acids is 1. The summed E-state index contributed by atoms with van der Waals surface area (Å²) in [6.45, 7) is 11.7. The minimum atomic E-state index is -0.540. The van der Waals surface area contributed by atoms with E-state index in [1.807, 2.05) is 18.2 Å². The Balaban J connectivity index is 1.88. The molecule has 0 saturated carbocycles. The van der Waals surface area contributed by atoms with Gasteiger partial charge in [0.2, 0.25) is 0 Å². The molecule has 1 aromatic heterocycles. The number of carbonyl (C=O) groups is 1. The predicted molar refractivity (Wildman–Crippen MR) is 136 cm³/mol. The van der Waals surface area contributed by atoms with E-state index in [2.05, 4.69) is 51.9 Å². The lowest BCUT2D eigenvalue weighted by Crippen LogP contribution is -2.32. The van der Waals surface area contributed by atoms with Crippen LogP contribution < -0.4 is 4.74 Å². The van der Waals surface area contributed by atoms with Gasteiger partial charge in [0.1, 0.15) is 11.4 Å². The van der Waals surface area contributed by atoms with Crippen LogP contribution >= 0.6 is 0 Å². The van der Waals surface area contributed by atoms with Gasteiger partial charge in [0.05, 0.1) is 31.5 Å². The first-order valence-corrected chi connectivity index (χ1v) is 12.5. The Morgan fingerprint density at radius 3 is 2.31 bits per heavy atom. The van der Waals surface area contributed by atoms with E-state index in [1.54, 1.807) is 7.11 Å². The number of benzene rings is 1. The number of Topliss-reactive ketones (excluding diaryl/α,β-unsaturated/α-hetero) is 1. The predicted octanol–water partition coefficient (Wildman–Crippen LogP) is 7.03. The SMILES string of the molecule is COc1cccc(C2OCCCO2)c1-c1noc2c1C(=O)C(CC=C(C)C)C(C)C2CC=C(C)C. The van der Waals surface area contributed by atoms with Crippen LogP contribution in [0.5, 0.6) is 5.75 Å². The summed E-state index contributed by atoms with van der Waals surface area (Å²) in [5.41, 5.74) is 5.05. The van der Waals surface area contributed by atoms with Gasteiger partial charge in [-0.05, 0) is 58.9 Å². The fraction of sp³-hybridized carbons (Fsp3) is 0.517. The van der Waals surface area contributed by atoms with E-state index in [4.69, 9.17) is 18.7 Å². The standard InChI is InChI=1S/C29H37NO5/c1-17(2)11-13-20-19(5)21(14-12-18(3)4)28-25(27(20)31)26(30-35-28)24-22(9-7-10-23(24)32-6)29-33-15-8-16-34-29/h7,9-12,19-21,29H,8,13-16H2,1-6H3. The molecule has 2 aliphatic rings. The first-order valence-electron chi connectivity index (χ1n) is 12.5. The molecule has 6 nitrogen and oxygen atoms in total. The van der Waals surface area contributed by atoms with Gasteiger partial charge in [-0.15, -0.1) is 0 Å². The molecule has 1 aromatic carbocycles. The number of rotatable bonds is 7. The van der Waals surface area contributed by atoms with Crippen molar-refractivity contribution in [2.75, 3.05) is 20.3 Å². The summed E-state index contributed by atoms with van der Waals surface area (Å²) in [5, 5.41) is 4.50. The molecule has 1 aliphatic carbocycles. The van der Waals surface area contributed by atoms with Gasteiger partial charge in [0, 0.05) is 17.4 Å². The first-order chi connectivity index (χ1) is 16.8. The Bertz CT molecular complexity index is 1110. The van der Waals surface area contributed by atoms with Crippen LogP contribution in [0.2, 0.25) is 0 Å². The summed E-state index contributed by atoms with van der Waals surface area (Å²) >= 11 is 0. The number of aromatic nitrogens is 1. The van der Waals surface area contributed by atoms with Crippen molar-refractivity contribution in [2.24, 2.45) is 11.8 Å². The van der Waals surface area contributed by atoms with Gasteiger partial charge < -0.3 is 18.7 Å². The lowest BCUT2D eigenvalue weighted by molar-refractivity contribution is -0.182. The summed E-state index contributed by atoms with van der Waals surface area (Å²) in [6, 6.07) is 5.73. The Morgan fingerprint density at radius 2 is 1.69 bits per heavy atom. The molecule has 3 unspecified atom stereocenters. The molecule has 188 valence electrons. The molecule has 3 atom stereocenters. The van der Waals surface area contributed by atoms with Crippen molar-refractivity contribution in [3.8, 4) is 17.0 Å². The van der Waals surface area contributed by atoms with Gasteiger partial charge in [-0.25, -0.2) is 0 Å². The maximum absolute atomic E-state index is 14.0. The first kappa shape index (κ1) is 25.4. The van der Waals surface area contributed by atoms with E-state index in [-0.39, 0.29) is 23.5 Å². The third-order valence-corrected chi connectivity index (χ3v) is 7.06. The van der Waals surface area contributed by atoms with E-state index in [0.29, 0.717) is 48.0 Å². The molecule has 2 aromatic rings. The van der Waals surface area contributed by atoms with Crippen molar-refractivity contribution in [1.29, 1.82) is 0 Å². The van der Waals surface area contributed by atoms with Crippen molar-refractivity contribution < 1.29 is 23.5 Å². The Labute approximate surface area is 208 Å². The van der Waals surface area contributed by atoms with Crippen LogP contribution in [0.1, 0.15) is 87.8 Å². The molecule has 35 heavy (non-hydrogen) atoms. The van der Waals surface area contributed by atoms with E-state index >= 15 is 0 Å². The quantitative estimate of drug-likeness (QED) is 0.397. The maximum Gasteiger partial charge on any atom is 0.184 e. The zero-order chi connectivity index (χ0) is 25.1. The monoisotopic (exact) mass is 479 g/mol. The van der Waals surface area contributed by atoms with Crippen LogP contribution in [0.25, 0.3) is 11.3 Å². The fourth-order valence-corrected chi connectivity index (χ4v) is 5.11. The summed E-state index contributed by atoms with van der Waals surface area (Å²) in [7, 11) is 1.62. The van der Waals surface area contributed by atoms with Crippen molar-refractivity contribution in [3.63, 3.8) is 0 Å². The van der Waals surface area contributed by atoms with Crippen molar-refractivity contribution in [3.05, 3.63) is 58.4 Å². The number of methoxy groups -OCH3 is 1. The summed E-state index contributed by atoms with van der Waals surface area (Å²) in [4.78, 5) is 14.0. The molecule has 1 fully saturated rings. The lowest BCUT2D eigenvalue weighted by atomic mass is 9.68. The topological polar surface area (TPSA) is 70.8 Å². The summed E-state index contributed by atoms with van der Waals surface area (Å²) < 4.78 is 23.6. The highest BCUT2D eigenvalue weighted by Gasteiger charge is 2.44. The number of fused-ring (bicyclic) bond motifs is 1. The normalized spacial score (nSPS) is 22.5. The average molecular weight is 480 g/mol. The van der Waals surface area contributed by atoms with Gasteiger partial charge in [0.25, 0.3) is 0 Å². The molecular weight excluding hydrogens is 442 g/mol. The minimum Gasteiger partial charge on any atom is -0.496 e. The largest absolute Gasteiger partial charge is 0.496 e. The molecule has 2 heterocycles. The molecule has 4 rings (SSSR count). The number of hydrogen-bond acceptors (Lipinski definition) is 6. The van der Waals surface area contributed by atoms with Crippen molar-refractivity contribution in [2.45, 2.75) is 66.1 Å². The smallest absolute Gasteiger partial charge is 0.184 e. The zero-order valence-electron chi connectivity index (χ0n) is 21.7. The van der Waals surface area contributed by atoms with E-state index in [1.165, 1.54) is 11.1 Å². The average Bonchev–Trinajstić information content (AvgIpc) is 3.28. The van der Waals surface area contributed by atoms with E-state index < -0.39 is 6.29 Å². The Hall–Kier alpha value is -2.70. The highest BCUT2D eigenvalue weighted by atomic mass is 16.7. The van der Waals surface area contributed by atoms with Crippen LogP contribution in [-0.4, -0.2) is 31.3 Å². The van der Waals surface area contributed by atoms with Gasteiger partial charge >= 0.3 is 0 Å². The number of allylic oxidation sites excluding steroid dienone is 4. The van der Waals surface area contributed by atoms with Crippen LogP contribution in [0.4, 0.5) is 0 Å². The second kappa shape index (κ2) is 10.9. The molecule has 6 heteroatoms. The molecule has 0 bridgehead atoms. The molecule has 0 radical (unpaired) electrons. The maximum atomic E-state index is 14.0. The van der Waals surface area contributed by atoms with Crippen LogP contribution in [0.15, 0.2) is 46.0 Å². The molecule has 0 N–H and O–H groups in total. The number of nitrogens with zero attached hydrogens (tertiary/aromatic N) is 1.